The fourth-order valence-corrected chi connectivity index (χ4v) is 2.54. The second kappa shape index (κ2) is 4.67. The highest BCUT2D eigenvalue weighted by Crippen LogP contribution is 2.36. The van der Waals surface area contributed by atoms with E-state index >= 15 is 0 Å². The van der Waals surface area contributed by atoms with Crippen LogP contribution in [0.4, 0.5) is 0 Å². The Morgan fingerprint density at radius 2 is 1.92 bits per heavy atom. The van der Waals surface area contributed by atoms with E-state index in [9.17, 15) is 0 Å². The molecular weight excluding hydrogens is 156 g/mol. The number of hydrogen-bond donors (Lipinski definition) is 0. The Bertz CT molecular complexity index is 206. The Morgan fingerprint density at radius 1 is 1.31 bits per heavy atom. The van der Waals surface area contributed by atoms with E-state index in [-0.39, 0.29) is 0 Å². The van der Waals surface area contributed by atoms with Gasteiger partial charge in [-0.1, -0.05) is 46.6 Å². The van der Waals surface area contributed by atoms with Crippen molar-refractivity contribution in [2.75, 3.05) is 0 Å². The highest BCUT2D eigenvalue weighted by molar-refractivity contribution is 5.09. The maximum absolute atomic E-state index is 3.83. The monoisotopic (exact) mass is 178 g/mol. The van der Waals surface area contributed by atoms with Gasteiger partial charge in [-0.25, -0.2) is 0 Å². The van der Waals surface area contributed by atoms with Gasteiger partial charge < -0.3 is 0 Å². The Hall–Kier alpha value is -0.480. The smallest absolute Gasteiger partial charge is 0.00990 e. The van der Waals surface area contributed by atoms with Crippen LogP contribution in [0.5, 0.6) is 0 Å². The fourth-order valence-electron chi connectivity index (χ4n) is 2.54. The molecule has 1 aliphatic rings. The number of hydrogen-bond acceptors (Lipinski definition) is 0. The molecule has 0 aromatic heterocycles. The first-order valence-electron chi connectivity index (χ1n) is 5.56. The van der Waals surface area contributed by atoms with Crippen LogP contribution >= 0.6 is 0 Å². The summed E-state index contributed by atoms with van der Waals surface area (Å²) in [4.78, 5) is 0. The second-order valence-corrected chi connectivity index (χ2v) is 4.66. The molecule has 74 valence electrons. The molecule has 0 N–H and O–H groups in total. The molecule has 1 saturated carbocycles. The minimum Gasteiger partial charge on any atom is -0.129 e. The van der Waals surface area contributed by atoms with Crippen molar-refractivity contribution in [1.29, 1.82) is 0 Å². The minimum atomic E-state index is 0.628. The van der Waals surface area contributed by atoms with Crippen LogP contribution in [0.1, 0.15) is 46.5 Å². The summed E-state index contributed by atoms with van der Waals surface area (Å²) in [6.07, 6.45) is 5.56. The third-order valence-corrected chi connectivity index (χ3v) is 3.34. The van der Waals surface area contributed by atoms with E-state index < -0.39 is 0 Å². The van der Waals surface area contributed by atoms with E-state index in [1.165, 1.54) is 31.3 Å². The third kappa shape index (κ3) is 2.48. The largest absolute Gasteiger partial charge is 0.129 e. The summed E-state index contributed by atoms with van der Waals surface area (Å²) in [5.74, 6) is 2.25. The Kier molecular flexibility index (Phi) is 3.81. The zero-order valence-electron chi connectivity index (χ0n) is 9.27. The molecule has 1 aliphatic carbocycles. The molecule has 1 rings (SSSR count). The predicted octanol–water partition coefficient (Wildman–Crippen LogP) is 4.18. The Balaban J connectivity index is 2.72. The molecule has 0 aromatic carbocycles. The Morgan fingerprint density at radius 3 is 2.38 bits per heavy atom. The maximum atomic E-state index is 3.83. The van der Waals surface area contributed by atoms with Gasteiger partial charge in [-0.3, -0.25) is 0 Å². The summed E-state index contributed by atoms with van der Waals surface area (Å²) in [6, 6.07) is 0. The summed E-state index contributed by atoms with van der Waals surface area (Å²) in [6.45, 7) is 10.7. The number of rotatable bonds is 2. The van der Waals surface area contributed by atoms with Gasteiger partial charge in [0, 0.05) is 0 Å². The molecule has 0 aliphatic heterocycles. The first-order chi connectivity index (χ1) is 6.16. The van der Waals surface area contributed by atoms with Crippen LogP contribution in [-0.2, 0) is 0 Å². The van der Waals surface area contributed by atoms with Gasteiger partial charge >= 0.3 is 0 Å². The van der Waals surface area contributed by atoms with Gasteiger partial charge in [-0.2, -0.15) is 0 Å². The van der Waals surface area contributed by atoms with E-state index in [1.807, 2.05) is 0 Å². The molecule has 0 heteroatoms. The molecule has 2 atom stereocenters. The van der Waals surface area contributed by atoms with Crippen LogP contribution in [0.25, 0.3) is 0 Å². The van der Waals surface area contributed by atoms with Gasteiger partial charge in [0.15, 0.2) is 0 Å². The van der Waals surface area contributed by atoms with Crippen molar-refractivity contribution in [3.05, 3.63) is 17.9 Å². The van der Waals surface area contributed by atoms with E-state index in [4.69, 9.17) is 0 Å². The van der Waals surface area contributed by atoms with Crippen molar-refractivity contribution in [2.45, 2.75) is 46.5 Å². The number of allylic oxidation sites excluding steroid dienone is 1. The Labute approximate surface area is 82.7 Å². The summed E-state index contributed by atoms with van der Waals surface area (Å²) in [5, 5.41) is 0. The van der Waals surface area contributed by atoms with Crippen LogP contribution in [0, 0.1) is 17.8 Å². The molecule has 1 fully saturated rings. The van der Waals surface area contributed by atoms with Gasteiger partial charge in [-0.15, -0.1) is 5.73 Å². The standard InChI is InChI=1S/C13H22/c1-5-12(10(2)3)13-9-7-6-8-11(13)4/h10-11,13H,1,6-9H2,2-4H3. The van der Waals surface area contributed by atoms with Crippen molar-refractivity contribution >= 4 is 0 Å². The maximum Gasteiger partial charge on any atom is -0.00990 e. The minimum absolute atomic E-state index is 0.628. The molecule has 0 spiro atoms. The quantitative estimate of drug-likeness (QED) is 0.556. The SMILES string of the molecule is C=C=C(C(C)C)C1CCCCC1C. The normalized spacial score (nSPS) is 28.6. The van der Waals surface area contributed by atoms with Gasteiger partial charge in [0.1, 0.15) is 0 Å². The first kappa shape index (κ1) is 10.6. The lowest BCUT2D eigenvalue weighted by atomic mass is 9.73. The lowest BCUT2D eigenvalue weighted by Crippen LogP contribution is -2.20. The summed E-state index contributed by atoms with van der Waals surface area (Å²) in [5.41, 5.74) is 4.63. The third-order valence-electron chi connectivity index (χ3n) is 3.34. The van der Waals surface area contributed by atoms with Crippen molar-refractivity contribution in [2.24, 2.45) is 17.8 Å². The van der Waals surface area contributed by atoms with Crippen molar-refractivity contribution < 1.29 is 0 Å². The van der Waals surface area contributed by atoms with Gasteiger partial charge in [0.05, 0.1) is 0 Å². The lowest BCUT2D eigenvalue weighted by Gasteiger charge is -2.31. The lowest BCUT2D eigenvalue weighted by molar-refractivity contribution is 0.280. The second-order valence-electron chi connectivity index (χ2n) is 4.66. The average molecular weight is 178 g/mol. The average Bonchev–Trinajstić information content (AvgIpc) is 2.09. The molecule has 0 saturated heterocycles. The van der Waals surface area contributed by atoms with E-state index in [0.717, 1.165) is 11.8 Å². The van der Waals surface area contributed by atoms with Crippen LogP contribution < -0.4 is 0 Å². The van der Waals surface area contributed by atoms with Crippen LogP contribution in [-0.4, -0.2) is 0 Å². The van der Waals surface area contributed by atoms with Crippen molar-refractivity contribution in [3.8, 4) is 0 Å². The van der Waals surface area contributed by atoms with Crippen molar-refractivity contribution in [1.82, 2.24) is 0 Å². The van der Waals surface area contributed by atoms with E-state index in [2.05, 4.69) is 33.1 Å². The van der Waals surface area contributed by atoms with Gasteiger partial charge in [0.2, 0.25) is 0 Å². The molecule has 0 aromatic rings. The molecule has 0 heterocycles. The molecular formula is C13H22. The summed E-state index contributed by atoms with van der Waals surface area (Å²) < 4.78 is 0. The molecule has 0 radical (unpaired) electrons. The van der Waals surface area contributed by atoms with E-state index in [1.54, 1.807) is 0 Å². The highest BCUT2D eigenvalue weighted by Gasteiger charge is 2.25. The van der Waals surface area contributed by atoms with Gasteiger partial charge in [0.25, 0.3) is 0 Å². The zero-order valence-corrected chi connectivity index (χ0v) is 9.27. The van der Waals surface area contributed by atoms with Gasteiger partial charge in [-0.05, 0) is 29.7 Å². The van der Waals surface area contributed by atoms with Crippen molar-refractivity contribution in [3.63, 3.8) is 0 Å². The molecule has 13 heavy (non-hydrogen) atoms. The van der Waals surface area contributed by atoms with Crippen LogP contribution in [0.2, 0.25) is 0 Å². The fraction of sp³-hybridized carbons (Fsp3) is 0.769. The highest BCUT2D eigenvalue weighted by atomic mass is 14.3. The first-order valence-corrected chi connectivity index (χ1v) is 5.56. The van der Waals surface area contributed by atoms with Crippen LogP contribution in [0.3, 0.4) is 0 Å². The topological polar surface area (TPSA) is 0 Å². The predicted molar refractivity (Wildman–Crippen MR) is 58.6 cm³/mol. The van der Waals surface area contributed by atoms with E-state index in [0.29, 0.717) is 5.92 Å². The summed E-state index contributed by atoms with van der Waals surface area (Å²) >= 11 is 0. The zero-order chi connectivity index (χ0) is 9.84. The molecule has 0 amide bonds. The molecule has 2 unspecified atom stereocenters. The molecule has 0 nitrogen and oxygen atoms in total. The summed E-state index contributed by atoms with van der Waals surface area (Å²) in [7, 11) is 0. The van der Waals surface area contributed by atoms with Crippen LogP contribution in [0.15, 0.2) is 17.9 Å². The molecule has 0 bridgehead atoms.